The Hall–Kier alpha value is -4.30. The molecule has 0 unspecified atom stereocenters. The number of amides is 2. The lowest BCUT2D eigenvalue weighted by molar-refractivity contribution is -0.141. The largest absolute Gasteiger partial charge is 0.495 e. The van der Waals surface area contributed by atoms with Gasteiger partial charge in [0.05, 0.1) is 41.6 Å². The van der Waals surface area contributed by atoms with E-state index < -0.39 is 17.8 Å². The molecule has 38 heavy (non-hydrogen) atoms. The first-order chi connectivity index (χ1) is 18.0. The third-order valence-electron chi connectivity index (χ3n) is 5.39. The van der Waals surface area contributed by atoms with Gasteiger partial charge >= 0.3 is 6.18 Å². The predicted octanol–water partition coefficient (Wildman–Crippen LogP) is 5.09. The van der Waals surface area contributed by atoms with Gasteiger partial charge in [0.2, 0.25) is 5.91 Å². The van der Waals surface area contributed by atoms with Gasteiger partial charge in [-0.05, 0) is 24.3 Å². The lowest BCUT2D eigenvalue weighted by atomic mass is 9.98. The van der Waals surface area contributed by atoms with Crippen LogP contribution in [-0.2, 0) is 11.0 Å². The fourth-order valence-electron chi connectivity index (χ4n) is 3.55. The Kier molecular flexibility index (Phi) is 8.80. The van der Waals surface area contributed by atoms with Crippen LogP contribution in [0.4, 0.5) is 18.9 Å². The summed E-state index contributed by atoms with van der Waals surface area (Å²) in [6.07, 6.45) is -3.86. The van der Waals surface area contributed by atoms with Crippen molar-refractivity contribution in [3.8, 4) is 28.7 Å². The molecule has 2 aromatic carbocycles. The standard InChI is InChI=1S/C26H22ClF3N4O4/c1-15(35)32-8-9-38-23-12-20(27)17(19-14-33-24(26(28,29)30)10-16(19)13-31)11-18(23)25(36)34(2)21-6-4-5-7-22(21)37-3/h4-7,10-12,14H,8-9H2,1-3H3,(H,32,35). The molecule has 0 saturated heterocycles. The summed E-state index contributed by atoms with van der Waals surface area (Å²) in [7, 11) is 2.96. The van der Waals surface area contributed by atoms with Gasteiger partial charge in [-0.15, -0.1) is 0 Å². The van der Waals surface area contributed by atoms with Crippen LogP contribution in [0.1, 0.15) is 28.5 Å². The number of nitriles is 1. The van der Waals surface area contributed by atoms with Crippen molar-refractivity contribution < 1.29 is 32.2 Å². The SMILES string of the molecule is COc1ccccc1N(C)C(=O)c1cc(-c2cnc(C(F)(F)F)cc2C#N)c(Cl)cc1OCCNC(C)=O. The summed E-state index contributed by atoms with van der Waals surface area (Å²) in [6.45, 7) is 1.49. The molecule has 0 spiro atoms. The van der Waals surface area contributed by atoms with Gasteiger partial charge in [-0.25, -0.2) is 0 Å². The molecule has 1 heterocycles. The Morgan fingerprint density at radius 3 is 2.50 bits per heavy atom. The molecule has 2 amide bonds. The van der Waals surface area contributed by atoms with Crippen LogP contribution in [-0.4, -0.2) is 44.1 Å². The van der Waals surface area contributed by atoms with Crippen molar-refractivity contribution in [2.75, 3.05) is 32.2 Å². The maximum absolute atomic E-state index is 13.7. The molecule has 0 aliphatic heterocycles. The molecule has 0 bridgehead atoms. The molecule has 0 atom stereocenters. The topological polar surface area (TPSA) is 105 Å². The number of carbonyl (C=O) groups is 2. The number of anilines is 1. The van der Waals surface area contributed by atoms with E-state index in [9.17, 15) is 28.0 Å². The molecule has 0 saturated carbocycles. The van der Waals surface area contributed by atoms with Gasteiger partial charge in [-0.2, -0.15) is 18.4 Å². The molecule has 1 N–H and O–H groups in total. The maximum atomic E-state index is 13.7. The van der Waals surface area contributed by atoms with E-state index in [1.807, 2.05) is 0 Å². The molecule has 8 nitrogen and oxygen atoms in total. The van der Waals surface area contributed by atoms with E-state index >= 15 is 0 Å². The molecule has 0 radical (unpaired) electrons. The van der Waals surface area contributed by atoms with E-state index in [4.69, 9.17) is 21.1 Å². The van der Waals surface area contributed by atoms with E-state index in [1.54, 1.807) is 30.3 Å². The summed E-state index contributed by atoms with van der Waals surface area (Å²) < 4.78 is 50.5. The predicted molar refractivity (Wildman–Crippen MR) is 134 cm³/mol. The number of nitrogens with one attached hydrogen (secondary N) is 1. The number of methoxy groups -OCH3 is 1. The Balaban J connectivity index is 2.13. The first-order valence-corrected chi connectivity index (χ1v) is 11.4. The summed E-state index contributed by atoms with van der Waals surface area (Å²) in [5.74, 6) is -0.341. The van der Waals surface area contributed by atoms with Crippen LogP contribution in [0.15, 0.2) is 48.7 Å². The van der Waals surface area contributed by atoms with E-state index in [2.05, 4.69) is 10.3 Å². The second kappa shape index (κ2) is 11.8. The molecule has 0 aliphatic rings. The lowest BCUT2D eigenvalue weighted by Crippen LogP contribution is -2.28. The highest BCUT2D eigenvalue weighted by Crippen LogP contribution is 2.38. The third kappa shape index (κ3) is 6.33. The number of nitrogens with zero attached hydrogens (tertiary/aromatic N) is 3. The zero-order valence-electron chi connectivity index (χ0n) is 20.5. The molecular formula is C26H22ClF3N4O4. The number of halogens is 4. The van der Waals surface area contributed by atoms with E-state index in [1.165, 1.54) is 38.1 Å². The highest BCUT2D eigenvalue weighted by Gasteiger charge is 2.33. The fraction of sp³-hybridized carbons (Fsp3) is 0.231. The van der Waals surface area contributed by atoms with Gasteiger partial charge in [0.15, 0.2) is 0 Å². The molecule has 12 heteroatoms. The number of ether oxygens (including phenoxy) is 2. The summed E-state index contributed by atoms with van der Waals surface area (Å²) in [5, 5.41) is 12.1. The van der Waals surface area contributed by atoms with E-state index in [0.717, 1.165) is 6.20 Å². The highest BCUT2D eigenvalue weighted by atomic mass is 35.5. The average Bonchev–Trinajstić information content (AvgIpc) is 2.89. The number of benzene rings is 2. The van der Waals surface area contributed by atoms with Gasteiger partial charge in [0.1, 0.15) is 23.8 Å². The van der Waals surface area contributed by atoms with E-state index in [-0.39, 0.29) is 52.1 Å². The van der Waals surface area contributed by atoms with Crippen LogP contribution in [0.2, 0.25) is 5.02 Å². The van der Waals surface area contributed by atoms with Crippen molar-refractivity contribution in [1.82, 2.24) is 10.3 Å². The second-order valence-electron chi connectivity index (χ2n) is 7.92. The van der Waals surface area contributed by atoms with Crippen molar-refractivity contribution >= 4 is 29.1 Å². The number of carbonyl (C=O) groups excluding carboxylic acids is 2. The number of aromatic nitrogens is 1. The minimum Gasteiger partial charge on any atom is -0.495 e. The first-order valence-electron chi connectivity index (χ1n) is 11.1. The number of alkyl halides is 3. The van der Waals surface area contributed by atoms with Crippen LogP contribution in [0.3, 0.4) is 0 Å². The molecule has 3 aromatic rings. The molecule has 0 aliphatic carbocycles. The van der Waals surface area contributed by atoms with E-state index in [0.29, 0.717) is 17.5 Å². The zero-order valence-corrected chi connectivity index (χ0v) is 21.3. The van der Waals surface area contributed by atoms with Crippen LogP contribution in [0.25, 0.3) is 11.1 Å². The zero-order chi connectivity index (χ0) is 28.0. The minimum absolute atomic E-state index is 0.000805. The molecule has 0 fully saturated rings. The van der Waals surface area contributed by atoms with Crippen molar-refractivity contribution in [3.05, 3.63) is 70.5 Å². The Labute approximate surface area is 221 Å². The first kappa shape index (κ1) is 28.3. The van der Waals surface area contributed by atoms with Crippen molar-refractivity contribution in [2.45, 2.75) is 13.1 Å². The molecule has 1 aromatic heterocycles. The average molecular weight is 547 g/mol. The summed E-state index contributed by atoms with van der Waals surface area (Å²) >= 11 is 6.45. The highest BCUT2D eigenvalue weighted by molar-refractivity contribution is 6.34. The lowest BCUT2D eigenvalue weighted by Gasteiger charge is -2.22. The Bertz CT molecular complexity index is 1410. The van der Waals surface area contributed by atoms with Crippen molar-refractivity contribution in [2.24, 2.45) is 0 Å². The Morgan fingerprint density at radius 1 is 1.16 bits per heavy atom. The molecule has 198 valence electrons. The molecular weight excluding hydrogens is 525 g/mol. The van der Waals surface area contributed by atoms with Crippen LogP contribution >= 0.6 is 11.6 Å². The number of rotatable bonds is 8. The van der Waals surface area contributed by atoms with Gasteiger partial charge < -0.3 is 19.7 Å². The summed E-state index contributed by atoms with van der Waals surface area (Å²) in [4.78, 5) is 29.6. The third-order valence-corrected chi connectivity index (χ3v) is 5.70. The normalized spacial score (nSPS) is 10.9. The van der Waals surface area contributed by atoms with Crippen molar-refractivity contribution in [1.29, 1.82) is 5.26 Å². The quantitative estimate of drug-likeness (QED) is 0.395. The van der Waals surface area contributed by atoms with Gasteiger partial charge in [0, 0.05) is 37.4 Å². The number of hydrogen-bond donors (Lipinski definition) is 1. The van der Waals surface area contributed by atoms with Crippen LogP contribution in [0.5, 0.6) is 11.5 Å². The molecule has 3 rings (SSSR count). The summed E-state index contributed by atoms with van der Waals surface area (Å²) in [5.41, 5.74) is -1.01. The smallest absolute Gasteiger partial charge is 0.433 e. The number of pyridine rings is 1. The minimum atomic E-state index is -4.75. The van der Waals surface area contributed by atoms with Crippen LogP contribution in [0, 0.1) is 11.3 Å². The number of hydrogen-bond acceptors (Lipinski definition) is 6. The fourth-order valence-corrected chi connectivity index (χ4v) is 3.81. The summed E-state index contributed by atoms with van der Waals surface area (Å²) in [6, 6.07) is 11.8. The number of para-hydroxylation sites is 2. The van der Waals surface area contributed by atoms with Gasteiger partial charge in [0.25, 0.3) is 5.91 Å². The second-order valence-corrected chi connectivity index (χ2v) is 8.33. The van der Waals surface area contributed by atoms with Crippen molar-refractivity contribution in [3.63, 3.8) is 0 Å². The monoisotopic (exact) mass is 546 g/mol. The maximum Gasteiger partial charge on any atom is 0.433 e. The van der Waals surface area contributed by atoms with Crippen LogP contribution < -0.4 is 19.7 Å². The van der Waals surface area contributed by atoms with Gasteiger partial charge in [-0.3, -0.25) is 14.6 Å². The van der Waals surface area contributed by atoms with Gasteiger partial charge in [-0.1, -0.05) is 23.7 Å². The Morgan fingerprint density at radius 2 is 1.87 bits per heavy atom.